The first kappa shape index (κ1) is 23.1. The summed E-state index contributed by atoms with van der Waals surface area (Å²) in [4.78, 5) is 26.8. The van der Waals surface area contributed by atoms with E-state index in [1.165, 1.54) is 4.88 Å². The highest BCUT2D eigenvalue weighted by Gasteiger charge is 2.18. The van der Waals surface area contributed by atoms with E-state index in [9.17, 15) is 9.90 Å². The number of aliphatic hydroxyl groups excluding tert-OH is 1. The number of fused-ring (bicyclic) bond motifs is 1. The van der Waals surface area contributed by atoms with Crippen LogP contribution in [0, 0.1) is 0 Å². The number of thiophene rings is 1. The smallest absolute Gasteiger partial charge is 0.259 e. The highest BCUT2D eigenvalue weighted by atomic mass is 32.1. The first-order chi connectivity index (χ1) is 14.5. The van der Waals surface area contributed by atoms with Crippen molar-refractivity contribution in [2.24, 2.45) is 0 Å². The van der Waals surface area contributed by atoms with E-state index in [4.69, 9.17) is 9.72 Å². The molecule has 8 heteroatoms. The second kappa shape index (κ2) is 11.2. The fraction of sp³-hybridized carbons (Fsp3) is 0.636. The molecule has 30 heavy (non-hydrogen) atoms. The number of rotatable bonds is 11. The molecule has 3 rings (SSSR count). The minimum atomic E-state index is -0.433. The first-order valence-electron chi connectivity index (χ1n) is 10.8. The molecular formula is C22H34N4O3S. The number of H-pyrrole nitrogens is 1. The van der Waals surface area contributed by atoms with E-state index < -0.39 is 6.10 Å². The number of hydrogen-bond donors (Lipinski definition) is 2. The molecule has 0 bridgehead atoms. The maximum absolute atomic E-state index is 12.6. The first-order valence-corrected chi connectivity index (χ1v) is 11.6. The third-order valence-corrected chi connectivity index (χ3v) is 6.75. The molecule has 0 amide bonds. The second-order valence-electron chi connectivity index (χ2n) is 8.24. The summed E-state index contributed by atoms with van der Waals surface area (Å²) in [6.07, 6.45) is 2.87. The minimum Gasteiger partial charge on any atom is -0.392 e. The van der Waals surface area contributed by atoms with Crippen LogP contribution in [0.1, 0.15) is 43.3 Å². The van der Waals surface area contributed by atoms with E-state index in [2.05, 4.69) is 35.2 Å². The van der Waals surface area contributed by atoms with Crippen LogP contribution in [0.5, 0.6) is 0 Å². The van der Waals surface area contributed by atoms with Gasteiger partial charge < -0.3 is 14.8 Å². The Balaban J connectivity index is 1.72. The van der Waals surface area contributed by atoms with Gasteiger partial charge in [-0.15, -0.1) is 17.9 Å². The van der Waals surface area contributed by atoms with Crippen LogP contribution in [0.4, 0.5) is 0 Å². The van der Waals surface area contributed by atoms with Gasteiger partial charge in [-0.3, -0.25) is 14.6 Å². The molecule has 166 valence electrons. The number of aliphatic hydroxyl groups is 1. The number of morpholine rings is 1. The van der Waals surface area contributed by atoms with E-state index in [1.54, 1.807) is 11.3 Å². The van der Waals surface area contributed by atoms with Crippen LogP contribution >= 0.6 is 11.3 Å². The van der Waals surface area contributed by atoms with Crippen molar-refractivity contribution < 1.29 is 9.84 Å². The maximum Gasteiger partial charge on any atom is 0.259 e. The topological polar surface area (TPSA) is 81.7 Å². The second-order valence-corrected chi connectivity index (χ2v) is 9.31. The van der Waals surface area contributed by atoms with Gasteiger partial charge in [0.05, 0.1) is 31.2 Å². The van der Waals surface area contributed by atoms with Crippen LogP contribution in [0.15, 0.2) is 23.5 Å². The van der Waals surface area contributed by atoms with Gasteiger partial charge in [0, 0.05) is 37.6 Å². The number of aromatic nitrogens is 2. The molecule has 2 aromatic rings. The summed E-state index contributed by atoms with van der Waals surface area (Å²) in [6.45, 7) is 14.1. The van der Waals surface area contributed by atoms with Crippen LogP contribution in [-0.4, -0.2) is 76.9 Å². The van der Waals surface area contributed by atoms with Gasteiger partial charge in [-0.1, -0.05) is 19.9 Å². The fourth-order valence-corrected chi connectivity index (χ4v) is 4.66. The lowest BCUT2D eigenvalue weighted by molar-refractivity contribution is 0.0285. The largest absolute Gasteiger partial charge is 0.392 e. The van der Waals surface area contributed by atoms with Gasteiger partial charge in [0.25, 0.3) is 5.56 Å². The van der Waals surface area contributed by atoms with E-state index in [0.29, 0.717) is 36.6 Å². The molecule has 7 nitrogen and oxygen atoms in total. The zero-order valence-electron chi connectivity index (χ0n) is 18.1. The quantitative estimate of drug-likeness (QED) is 0.529. The monoisotopic (exact) mass is 434 g/mol. The Hall–Kier alpha value is -1.58. The molecule has 2 N–H and O–H groups in total. The lowest BCUT2D eigenvalue weighted by Crippen LogP contribution is -2.43. The summed E-state index contributed by atoms with van der Waals surface area (Å²) in [7, 11) is 0. The third kappa shape index (κ3) is 6.46. The predicted molar refractivity (Wildman–Crippen MR) is 122 cm³/mol. The van der Waals surface area contributed by atoms with Gasteiger partial charge in [-0.05, 0) is 24.8 Å². The van der Waals surface area contributed by atoms with E-state index >= 15 is 0 Å². The minimum absolute atomic E-state index is 0.0847. The van der Waals surface area contributed by atoms with Crippen molar-refractivity contribution in [3.05, 3.63) is 39.8 Å². The molecule has 0 radical (unpaired) electrons. The molecule has 0 unspecified atom stereocenters. The molecule has 0 saturated carbocycles. The SMILES string of the molecule is C=CCC[C@@H](O)CN(CCN1CCOCC1)Cc1nc2sc(C(C)C)cc2c(=O)[nH]1. The summed E-state index contributed by atoms with van der Waals surface area (Å²) in [5.41, 5.74) is -0.0847. The standard InChI is InChI=1S/C22H34N4O3S/c1-4-5-6-17(27)14-26(8-7-25-9-11-29-12-10-25)15-20-23-21(28)18-13-19(16(2)3)30-22(18)24-20/h4,13,16-17,27H,1,5-12,14-15H2,2-3H3,(H,23,24,28)/t17-/m1/s1. The lowest BCUT2D eigenvalue weighted by atomic mass is 10.2. The molecule has 0 aliphatic carbocycles. The Bertz CT molecular complexity index is 873. The molecular weight excluding hydrogens is 400 g/mol. The van der Waals surface area contributed by atoms with Gasteiger partial charge in [0.15, 0.2) is 0 Å². The molecule has 1 aliphatic rings. The van der Waals surface area contributed by atoms with Crippen LogP contribution < -0.4 is 5.56 Å². The van der Waals surface area contributed by atoms with Gasteiger partial charge in [-0.2, -0.15) is 0 Å². The van der Waals surface area contributed by atoms with E-state index in [1.807, 2.05) is 12.1 Å². The lowest BCUT2D eigenvalue weighted by Gasteiger charge is -2.30. The molecule has 1 atom stereocenters. The normalized spacial score (nSPS) is 16.6. The van der Waals surface area contributed by atoms with Crippen molar-refractivity contribution in [1.82, 2.24) is 19.8 Å². The number of allylic oxidation sites excluding steroid dienone is 1. The Morgan fingerprint density at radius 2 is 2.20 bits per heavy atom. The van der Waals surface area contributed by atoms with Crippen molar-refractivity contribution in [1.29, 1.82) is 0 Å². The maximum atomic E-state index is 12.6. The Labute approximate surface area is 182 Å². The molecule has 3 heterocycles. The van der Waals surface area contributed by atoms with Crippen molar-refractivity contribution >= 4 is 21.6 Å². The van der Waals surface area contributed by atoms with Crippen molar-refractivity contribution in [3.8, 4) is 0 Å². The zero-order chi connectivity index (χ0) is 21.5. The molecule has 0 spiro atoms. The highest BCUT2D eigenvalue weighted by molar-refractivity contribution is 7.18. The molecule has 1 saturated heterocycles. The fourth-order valence-electron chi connectivity index (χ4n) is 3.61. The average molecular weight is 435 g/mol. The van der Waals surface area contributed by atoms with Crippen LogP contribution in [0.3, 0.4) is 0 Å². The van der Waals surface area contributed by atoms with Crippen LogP contribution in [0.2, 0.25) is 0 Å². The van der Waals surface area contributed by atoms with Crippen LogP contribution in [-0.2, 0) is 11.3 Å². The van der Waals surface area contributed by atoms with Gasteiger partial charge in [0.2, 0.25) is 0 Å². The van der Waals surface area contributed by atoms with E-state index in [-0.39, 0.29) is 5.56 Å². The van der Waals surface area contributed by atoms with Gasteiger partial charge >= 0.3 is 0 Å². The summed E-state index contributed by atoms with van der Waals surface area (Å²) >= 11 is 1.59. The van der Waals surface area contributed by atoms with Crippen molar-refractivity contribution in [2.45, 2.75) is 45.3 Å². The number of aromatic amines is 1. The van der Waals surface area contributed by atoms with Gasteiger partial charge in [0.1, 0.15) is 10.7 Å². The van der Waals surface area contributed by atoms with E-state index in [0.717, 1.165) is 50.6 Å². The third-order valence-electron chi connectivity index (χ3n) is 5.42. The zero-order valence-corrected chi connectivity index (χ0v) is 18.9. The molecule has 2 aromatic heterocycles. The summed E-state index contributed by atoms with van der Waals surface area (Å²) in [5, 5.41) is 11.1. The predicted octanol–water partition coefficient (Wildman–Crippen LogP) is 2.57. The molecule has 1 aliphatic heterocycles. The molecule has 1 fully saturated rings. The number of nitrogens with zero attached hydrogens (tertiary/aromatic N) is 3. The number of hydrogen-bond acceptors (Lipinski definition) is 7. The molecule has 0 aromatic carbocycles. The van der Waals surface area contributed by atoms with Gasteiger partial charge in [-0.25, -0.2) is 4.98 Å². The Morgan fingerprint density at radius 1 is 1.43 bits per heavy atom. The Morgan fingerprint density at radius 3 is 2.90 bits per heavy atom. The summed E-state index contributed by atoms with van der Waals surface area (Å²) < 4.78 is 5.43. The highest BCUT2D eigenvalue weighted by Crippen LogP contribution is 2.27. The Kier molecular flexibility index (Phi) is 8.59. The summed E-state index contributed by atoms with van der Waals surface area (Å²) in [5.74, 6) is 1.03. The van der Waals surface area contributed by atoms with Crippen molar-refractivity contribution in [2.75, 3.05) is 45.9 Å². The average Bonchev–Trinajstić information content (AvgIpc) is 3.16. The summed E-state index contributed by atoms with van der Waals surface area (Å²) in [6, 6.07) is 1.95. The number of ether oxygens (including phenoxy) is 1. The van der Waals surface area contributed by atoms with Crippen LogP contribution in [0.25, 0.3) is 10.2 Å². The number of nitrogens with one attached hydrogen (secondary N) is 1. The van der Waals surface area contributed by atoms with Crippen molar-refractivity contribution in [3.63, 3.8) is 0 Å².